The van der Waals surface area contributed by atoms with Gasteiger partial charge < -0.3 is 4.74 Å². The first kappa shape index (κ1) is 16.9. The van der Waals surface area contributed by atoms with Crippen LogP contribution in [0.3, 0.4) is 0 Å². The quantitative estimate of drug-likeness (QED) is 0.797. The lowest BCUT2D eigenvalue weighted by atomic mass is 9.97. The van der Waals surface area contributed by atoms with Gasteiger partial charge in [-0.25, -0.2) is 4.98 Å². The minimum absolute atomic E-state index is 0.0815. The zero-order chi connectivity index (χ0) is 16.9. The van der Waals surface area contributed by atoms with Crippen LogP contribution in [0, 0.1) is 6.92 Å². The number of nitrogens with zero attached hydrogens (tertiary/aromatic N) is 5. The molecule has 1 saturated heterocycles. The van der Waals surface area contributed by atoms with Crippen molar-refractivity contribution in [1.29, 1.82) is 0 Å². The minimum atomic E-state index is -0.0815. The number of ether oxygens (including phenoxy) is 1. The molecule has 1 amide bonds. The molecule has 3 rings (SSSR count). The number of amides is 1. The highest BCUT2D eigenvalue weighted by molar-refractivity contribution is 7.15. The van der Waals surface area contributed by atoms with Crippen LogP contribution in [0.4, 0.5) is 5.13 Å². The van der Waals surface area contributed by atoms with E-state index in [1.54, 1.807) is 7.11 Å². The average molecular weight is 351 g/mol. The number of aromatic nitrogens is 5. The molecule has 0 radical (unpaired) electrons. The van der Waals surface area contributed by atoms with E-state index in [9.17, 15) is 4.79 Å². The highest BCUT2D eigenvalue weighted by Gasteiger charge is 2.25. The number of methoxy groups -OCH3 is 1. The highest BCUT2D eigenvalue weighted by atomic mass is 32.1. The second-order valence-corrected chi connectivity index (χ2v) is 6.90. The number of piperidine rings is 1. The van der Waals surface area contributed by atoms with Gasteiger partial charge in [0.05, 0.1) is 6.54 Å². The van der Waals surface area contributed by atoms with E-state index in [0.29, 0.717) is 18.3 Å². The number of carbonyl (C=O) groups excluding carboxylic acids is 1. The van der Waals surface area contributed by atoms with Crippen molar-refractivity contribution in [3.05, 3.63) is 16.7 Å². The van der Waals surface area contributed by atoms with Gasteiger partial charge in [0, 0.05) is 19.6 Å². The number of carbonyl (C=O) groups is 1. The predicted molar refractivity (Wildman–Crippen MR) is 88.8 cm³/mol. The summed E-state index contributed by atoms with van der Waals surface area (Å²) in [4.78, 5) is 18.8. The van der Waals surface area contributed by atoms with Gasteiger partial charge in [0.2, 0.25) is 11.0 Å². The summed E-state index contributed by atoms with van der Waals surface area (Å²) < 4.78 is 5.00. The number of anilines is 1. The smallest absolute Gasteiger partial charge is 0.240 e. The Balaban J connectivity index is 1.51. The fraction of sp³-hybridized carbons (Fsp3) is 0.643. The van der Waals surface area contributed by atoms with Crippen molar-refractivity contribution in [2.24, 2.45) is 0 Å². The van der Waals surface area contributed by atoms with Crippen LogP contribution in [0.1, 0.15) is 35.4 Å². The van der Waals surface area contributed by atoms with Crippen molar-refractivity contribution in [2.45, 2.75) is 32.3 Å². The Hall–Kier alpha value is -1.91. The summed E-state index contributed by atoms with van der Waals surface area (Å²) >= 11 is 1.33. The van der Waals surface area contributed by atoms with Crippen LogP contribution < -0.4 is 5.32 Å². The number of H-pyrrole nitrogens is 1. The van der Waals surface area contributed by atoms with Crippen LogP contribution in [0.2, 0.25) is 0 Å². The van der Waals surface area contributed by atoms with Gasteiger partial charge in [-0.3, -0.25) is 20.1 Å². The third kappa shape index (κ3) is 4.34. The lowest BCUT2D eigenvalue weighted by Gasteiger charge is -2.30. The topological polar surface area (TPSA) is 109 Å². The van der Waals surface area contributed by atoms with Crippen molar-refractivity contribution >= 4 is 22.4 Å². The van der Waals surface area contributed by atoms with Crippen LogP contribution >= 0.6 is 11.3 Å². The van der Waals surface area contributed by atoms with E-state index in [1.165, 1.54) is 11.3 Å². The van der Waals surface area contributed by atoms with E-state index >= 15 is 0 Å². The lowest BCUT2D eigenvalue weighted by molar-refractivity contribution is -0.117. The van der Waals surface area contributed by atoms with Crippen molar-refractivity contribution in [1.82, 2.24) is 30.3 Å². The number of hydrogen-bond acceptors (Lipinski definition) is 8. The fourth-order valence-corrected chi connectivity index (χ4v) is 3.53. The normalized spacial score (nSPS) is 18.7. The molecule has 2 N–H and O–H groups in total. The lowest BCUT2D eigenvalue weighted by Crippen LogP contribution is -2.40. The summed E-state index contributed by atoms with van der Waals surface area (Å²) in [7, 11) is 1.60. The zero-order valence-corrected chi connectivity index (χ0v) is 14.6. The van der Waals surface area contributed by atoms with Gasteiger partial charge in [0.25, 0.3) is 0 Å². The second kappa shape index (κ2) is 7.77. The van der Waals surface area contributed by atoms with Gasteiger partial charge in [0.15, 0.2) is 5.82 Å². The van der Waals surface area contributed by atoms with Crippen LogP contribution in [0.5, 0.6) is 0 Å². The highest BCUT2D eigenvalue weighted by Crippen LogP contribution is 2.24. The molecule has 2 aromatic heterocycles. The molecule has 0 aromatic carbocycles. The Bertz CT molecular complexity index is 686. The summed E-state index contributed by atoms with van der Waals surface area (Å²) in [6.07, 6.45) is 2.08. The number of rotatable bonds is 6. The molecule has 3 heterocycles. The zero-order valence-electron chi connectivity index (χ0n) is 13.8. The molecule has 9 nitrogen and oxygen atoms in total. The SMILES string of the molecule is COCc1nnc(NC(=O)CN2CCC[C@H](c3n[nH]c(C)n3)C2)s1. The monoisotopic (exact) mass is 351 g/mol. The Morgan fingerprint density at radius 2 is 2.38 bits per heavy atom. The standard InChI is InChI=1S/C14H21N7O2S/c1-9-15-13(19-17-9)10-4-3-5-21(6-10)7-11(22)16-14-20-18-12(24-14)8-23-2/h10H,3-8H2,1-2H3,(H,15,17,19)(H,16,20,22)/t10-/m0/s1. The molecule has 0 unspecified atom stereocenters. The van der Waals surface area contributed by atoms with Crippen molar-refractivity contribution in [3.63, 3.8) is 0 Å². The Morgan fingerprint density at radius 3 is 3.12 bits per heavy atom. The molecule has 1 aliphatic rings. The number of aromatic amines is 1. The van der Waals surface area contributed by atoms with Gasteiger partial charge in [-0.05, 0) is 26.3 Å². The summed E-state index contributed by atoms with van der Waals surface area (Å²) in [5.74, 6) is 1.85. The minimum Gasteiger partial charge on any atom is -0.377 e. The summed E-state index contributed by atoms with van der Waals surface area (Å²) in [5, 5.41) is 19.1. The maximum atomic E-state index is 12.2. The maximum Gasteiger partial charge on any atom is 0.240 e. The average Bonchev–Trinajstić information content (AvgIpc) is 3.17. The largest absolute Gasteiger partial charge is 0.377 e. The molecule has 0 saturated carbocycles. The molecular weight excluding hydrogens is 330 g/mol. The first-order chi connectivity index (χ1) is 11.6. The molecule has 0 aliphatic carbocycles. The number of likely N-dealkylation sites (tertiary alicyclic amines) is 1. The molecule has 1 atom stereocenters. The van der Waals surface area contributed by atoms with Gasteiger partial charge in [-0.2, -0.15) is 5.10 Å². The van der Waals surface area contributed by atoms with Crippen LogP contribution in [0.15, 0.2) is 0 Å². The van der Waals surface area contributed by atoms with Crippen molar-refractivity contribution < 1.29 is 9.53 Å². The Kier molecular flexibility index (Phi) is 5.48. The third-order valence-corrected chi connectivity index (χ3v) is 4.65. The van der Waals surface area contributed by atoms with Gasteiger partial charge >= 0.3 is 0 Å². The van der Waals surface area contributed by atoms with E-state index < -0.39 is 0 Å². The number of hydrogen-bond donors (Lipinski definition) is 2. The summed E-state index contributed by atoms with van der Waals surface area (Å²) in [6.45, 7) is 4.31. The van der Waals surface area contributed by atoms with E-state index in [4.69, 9.17) is 4.74 Å². The van der Waals surface area contributed by atoms with Crippen molar-refractivity contribution in [2.75, 3.05) is 32.1 Å². The van der Waals surface area contributed by atoms with E-state index in [1.807, 2.05) is 6.92 Å². The maximum absolute atomic E-state index is 12.2. The Labute approximate surface area is 143 Å². The second-order valence-electron chi connectivity index (χ2n) is 5.84. The van der Waals surface area contributed by atoms with E-state index in [0.717, 1.165) is 42.6 Å². The summed E-state index contributed by atoms with van der Waals surface area (Å²) in [6, 6.07) is 0. The van der Waals surface area contributed by atoms with Crippen LogP contribution in [-0.4, -0.2) is 62.9 Å². The molecule has 130 valence electrons. The fourth-order valence-electron chi connectivity index (χ4n) is 2.80. The molecule has 0 bridgehead atoms. The molecule has 1 fully saturated rings. The van der Waals surface area contributed by atoms with Gasteiger partial charge in [-0.15, -0.1) is 10.2 Å². The van der Waals surface area contributed by atoms with E-state index in [-0.39, 0.29) is 11.8 Å². The number of aryl methyl sites for hydroxylation is 1. The summed E-state index contributed by atoms with van der Waals surface area (Å²) in [5.41, 5.74) is 0. The molecule has 1 aliphatic heterocycles. The van der Waals surface area contributed by atoms with Gasteiger partial charge in [0.1, 0.15) is 17.4 Å². The number of nitrogens with one attached hydrogen (secondary N) is 2. The first-order valence-electron chi connectivity index (χ1n) is 7.86. The molecule has 0 spiro atoms. The molecular formula is C14H21N7O2S. The molecule has 10 heteroatoms. The first-order valence-corrected chi connectivity index (χ1v) is 8.68. The van der Waals surface area contributed by atoms with Crippen molar-refractivity contribution in [3.8, 4) is 0 Å². The predicted octanol–water partition coefficient (Wildman–Crippen LogP) is 0.929. The van der Waals surface area contributed by atoms with Crippen LogP contribution in [-0.2, 0) is 16.1 Å². The van der Waals surface area contributed by atoms with Crippen LogP contribution in [0.25, 0.3) is 0 Å². The molecule has 2 aromatic rings. The Morgan fingerprint density at radius 1 is 1.50 bits per heavy atom. The van der Waals surface area contributed by atoms with E-state index in [2.05, 4.69) is 35.6 Å². The van der Waals surface area contributed by atoms with Gasteiger partial charge in [-0.1, -0.05) is 11.3 Å². The molecule has 24 heavy (non-hydrogen) atoms. The third-order valence-electron chi connectivity index (χ3n) is 3.83.